The molecule has 0 radical (unpaired) electrons. The first-order valence-electron chi connectivity index (χ1n) is 6.75. The summed E-state index contributed by atoms with van der Waals surface area (Å²) < 4.78 is 38.3. The summed E-state index contributed by atoms with van der Waals surface area (Å²) >= 11 is 0. The van der Waals surface area contributed by atoms with Gasteiger partial charge in [-0.1, -0.05) is 12.1 Å². The van der Waals surface area contributed by atoms with Crippen LogP contribution in [0.4, 0.5) is 23.7 Å². The van der Waals surface area contributed by atoms with Gasteiger partial charge in [0.25, 0.3) is 0 Å². The molecule has 1 aromatic rings. The molecule has 0 bridgehead atoms. The Balaban J connectivity index is 1.91. The molecule has 2 unspecified atom stereocenters. The van der Waals surface area contributed by atoms with Crippen LogP contribution in [0.5, 0.6) is 0 Å². The number of rotatable bonds is 3. The van der Waals surface area contributed by atoms with Crippen LogP contribution in [0, 0.1) is 5.92 Å². The van der Waals surface area contributed by atoms with E-state index in [-0.39, 0.29) is 17.7 Å². The Kier molecular flexibility index (Phi) is 4.72. The molecule has 2 rings (SSSR count). The van der Waals surface area contributed by atoms with Gasteiger partial charge in [-0.3, -0.25) is 0 Å². The highest BCUT2D eigenvalue weighted by molar-refractivity contribution is 5.90. The van der Waals surface area contributed by atoms with Gasteiger partial charge in [0.2, 0.25) is 0 Å². The lowest BCUT2D eigenvalue weighted by atomic mass is 10.1. The molecule has 1 fully saturated rings. The Morgan fingerprint density at radius 3 is 2.62 bits per heavy atom. The van der Waals surface area contributed by atoms with Gasteiger partial charge in [-0.2, -0.15) is 13.2 Å². The minimum atomic E-state index is -4.51. The number of carbonyl (C=O) groups excluding carboxylic acids is 1. The van der Waals surface area contributed by atoms with Crippen molar-refractivity contribution in [2.45, 2.75) is 31.5 Å². The maximum Gasteiger partial charge on any atom is 0.418 e. The standard InChI is InChI=1S/C14H17F3N2O2/c15-14(16,17)11-3-1-2-4-12(11)19-13(21)18-8-9-5-6-10(20)7-9/h1-4,9-10,20H,5-8H2,(H2,18,19,21). The highest BCUT2D eigenvalue weighted by Gasteiger charge is 2.33. The number of urea groups is 1. The fourth-order valence-electron chi connectivity index (χ4n) is 2.48. The summed E-state index contributed by atoms with van der Waals surface area (Å²) in [4.78, 5) is 11.7. The third-order valence-electron chi connectivity index (χ3n) is 3.55. The molecule has 0 aromatic heterocycles. The van der Waals surface area contributed by atoms with E-state index in [0.717, 1.165) is 12.5 Å². The van der Waals surface area contributed by atoms with Crippen LogP contribution >= 0.6 is 0 Å². The van der Waals surface area contributed by atoms with Crippen molar-refractivity contribution in [3.63, 3.8) is 0 Å². The largest absolute Gasteiger partial charge is 0.418 e. The van der Waals surface area contributed by atoms with E-state index in [4.69, 9.17) is 0 Å². The van der Waals surface area contributed by atoms with Gasteiger partial charge in [-0.25, -0.2) is 4.79 Å². The van der Waals surface area contributed by atoms with Crippen molar-refractivity contribution in [1.82, 2.24) is 5.32 Å². The molecule has 116 valence electrons. The number of para-hydroxylation sites is 1. The monoisotopic (exact) mass is 302 g/mol. The molecule has 2 atom stereocenters. The zero-order valence-electron chi connectivity index (χ0n) is 11.3. The lowest BCUT2D eigenvalue weighted by Crippen LogP contribution is -2.33. The number of amides is 2. The van der Waals surface area contributed by atoms with Crippen molar-refractivity contribution in [1.29, 1.82) is 0 Å². The first kappa shape index (κ1) is 15.6. The Bertz CT molecular complexity index is 505. The number of nitrogens with one attached hydrogen (secondary N) is 2. The van der Waals surface area contributed by atoms with Gasteiger partial charge < -0.3 is 15.7 Å². The molecule has 0 saturated heterocycles. The molecule has 7 heteroatoms. The van der Waals surface area contributed by atoms with E-state index in [1.807, 2.05) is 0 Å². The predicted molar refractivity (Wildman–Crippen MR) is 71.8 cm³/mol. The average molecular weight is 302 g/mol. The summed E-state index contributed by atoms with van der Waals surface area (Å²) in [5, 5.41) is 14.1. The van der Waals surface area contributed by atoms with E-state index in [1.165, 1.54) is 18.2 Å². The fraction of sp³-hybridized carbons (Fsp3) is 0.500. The number of anilines is 1. The number of halogens is 3. The van der Waals surface area contributed by atoms with Crippen LogP contribution < -0.4 is 10.6 Å². The van der Waals surface area contributed by atoms with Gasteiger partial charge in [0, 0.05) is 6.54 Å². The SMILES string of the molecule is O=C(NCC1CCC(O)C1)Nc1ccccc1C(F)(F)F. The number of hydrogen-bond donors (Lipinski definition) is 3. The van der Waals surface area contributed by atoms with Crippen molar-refractivity contribution in [2.24, 2.45) is 5.92 Å². The van der Waals surface area contributed by atoms with E-state index in [2.05, 4.69) is 10.6 Å². The van der Waals surface area contributed by atoms with Crippen molar-refractivity contribution in [2.75, 3.05) is 11.9 Å². The van der Waals surface area contributed by atoms with Gasteiger partial charge in [0.1, 0.15) is 0 Å². The lowest BCUT2D eigenvalue weighted by molar-refractivity contribution is -0.136. The molecule has 21 heavy (non-hydrogen) atoms. The van der Waals surface area contributed by atoms with E-state index in [1.54, 1.807) is 0 Å². The van der Waals surface area contributed by atoms with Crippen LogP contribution in [-0.4, -0.2) is 23.8 Å². The minimum absolute atomic E-state index is 0.170. The zero-order chi connectivity index (χ0) is 15.5. The summed E-state index contributed by atoms with van der Waals surface area (Å²) in [5.74, 6) is 0.170. The van der Waals surface area contributed by atoms with Gasteiger partial charge in [-0.15, -0.1) is 0 Å². The van der Waals surface area contributed by atoms with Crippen LogP contribution in [0.15, 0.2) is 24.3 Å². The summed E-state index contributed by atoms with van der Waals surface area (Å²) in [5.41, 5.74) is -1.15. The van der Waals surface area contributed by atoms with Gasteiger partial charge >= 0.3 is 12.2 Å². The molecule has 1 saturated carbocycles. The molecule has 0 heterocycles. The van der Waals surface area contributed by atoms with E-state index in [0.29, 0.717) is 19.4 Å². The van der Waals surface area contributed by atoms with Crippen molar-refractivity contribution in [3.05, 3.63) is 29.8 Å². The Morgan fingerprint density at radius 2 is 2.00 bits per heavy atom. The molecular weight excluding hydrogens is 285 g/mol. The third kappa shape index (κ3) is 4.35. The molecule has 3 N–H and O–H groups in total. The second-order valence-corrected chi connectivity index (χ2v) is 5.21. The third-order valence-corrected chi connectivity index (χ3v) is 3.55. The molecule has 0 aliphatic heterocycles. The topological polar surface area (TPSA) is 61.4 Å². The van der Waals surface area contributed by atoms with Crippen LogP contribution in [-0.2, 0) is 6.18 Å². The summed E-state index contributed by atoms with van der Waals surface area (Å²) in [6.45, 7) is 0.344. The summed E-state index contributed by atoms with van der Waals surface area (Å²) in [7, 11) is 0. The van der Waals surface area contributed by atoms with Gasteiger partial charge in [0.05, 0.1) is 17.4 Å². The number of hydrogen-bond acceptors (Lipinski definition) is 2. The number of benzene rings is 1. The molecular formula is C14H17F3N2O2. The van der Waals surface area contributed by atoms with Crippen molar-refractivity contribution >= 4 is 11.7 Å². The zero-order valence-corrected chi connectivity index (χ0v) is 11.3. The van der Waals surface area contributed by atoms with Gasteiger partial charge in [0.15, 0.2) is 0 Å². The van der Waals surface area contributed by atoms with E-state index in [9.17, 15) is 23.1 Å². The first-order chi connectivity index (χ1) is 9.86. The normalized spacial score (nSPS) is 22.1. The Morgan fingerprint density at radius 1 is 1.29 bits per heavy atom. The quantitative estimate of drug-likeness (QED) is 0.804. The maximum atomic E-state index is 12.8. The minimum Gasteiger partial charge on any atom is -0.393 e. The second kappa shape index (κ2) is 6.34. The second-order valence-electron chi connectivity index (χ2n) is 5.21. The van der Waals surface area contributed by atoms with Crippen molar-refractivity contribution in [3.8, 4) is 0 Å². The molecule has 1 aliphatic carbocycles. The van der Waals surface area contributed by atoms with Gasteiger partial charge in [-0.05, 0) is 37.3 Å². The molecule has 0 spiro atoms. The van der Waals surface area contributed by atoms with E-state index >= 15 is 0 Å². The highest BCUT2D eigenvalue weighted by atomic mass is 19.4. The van der Waals surface area contributed by atoms with Crippen molar-refractivity contribution < 1.29 is 23.1 Å². The van der Waals surface area contributed by atoms with Crippen LogP contribution in [0.3, 0.4) is 0 Å². The highest BCUT2D eigenvalue weighted by Crippen LogP contribution is 2.34. The number of aliphatic hydroxyl groups excluding tert-OH is 1. The number of carbonyl (C=O) groups is 1. The number of alkyl halides is 3. The lowest BCUT2D eigenvalue weighted by Gasteiger charge is -2.15. The number of aliphatic hydroxyl groups is 1. The average Bonchev–Trinajstić information content (AvgIpc) is 2.82. The predicted octanol–water partition coefficient (Wildman–Crippen LogP) is 2.99. The summed E-state index contributed by atoms with van der Waals surface area (Å²) in [6, 6.07) is 4.15. The summed E-state index contributed by atoms with van der Waals surface area (Å²) in [6.07, 6.45) is -2.74. The molecule has 2 amide bonds. The first-order valence-corrected chi connectivity index (χ1v) is 6.75. The molecule has 4 nitrogen and oxygen atoms in total. The molecule has 1 aromatic carbocycles. The maximum absolute atomic E-state index is 12.8. The van der Waals surface area contributed by atoms with Crippen LogP contribution in [0.2, 0.25) is 0 Å². The fourth-order valence-corrected chi connectivity index (χ4v) is 2.48. The Hall–Kier alpha value is -1.76. The van der Waals surface area contributed by atoms with E-state index < -0.39 is 17.8 Å². The smallest absolute Gasteiger partial charge is 0.393 e. The van der Waals surface area contributed by atoms with Crippen LogP contribution in [0.25, 0.3) is 0 Å². The van der Waals surface area contributed by atoms with Crippen LogP contribution in [0.1, 0.15) is 24.8 Å². The Labute approximate surface area is 120 Å². The molecule has 1 aliphatic rings.